The Morgan fingerprint density at radius 2 is 1.76 bits per heavy atom. The second kappa shape index (κ2) is 15.7. The zero-order chi connectivity index (χ0) is 21.5. The first-order valence-corrected chi connectivity index (χ1v) is 11.6. The number of oxime groups is 1. The van der Waals surface area contributed by atoms with E-state index in [9.17, 15) is 0 Å². The first kappa shape index (κ1) is 26.0. The summed E-state index contributed by atoms with van der Waals surface area (Å²) in [4.78, 5) is 5.09. The van der Waals surface area contributed by atoms with Gasteiger partial charge in [0.05, 0.1) is 22.3 Å². The van der Waals surface area contributed by atoms with Crippen molar-refractivity contribution in [3.63, 3.8) is 0 Å². The van der Waals surface area contributed by atoms with Crippen molar-refractivity contribution in [2.45, 2.75) is 53.4 Å². The van der Waals surface area contributed by atoms with Crippen molar-refractivity contribution in [3.05, 3.63) is 32.7 Å². The highest BCUT2D eigenvalue weighted by atomic mass is 79.9. The lowest BCUT2D eigenvalue weighted by Crippen LogP contribution is -2.05. The fourth-order valence-corrected chi connectivity index (χ4v) is 2.86. The second-order valence-electron chi connectivity index (χ2n) is 6.78. The molecule has 0 aliphatic rings. The normalized spacial score (nSPS) is 10.4. The Morgan fingerprint density at radius 3 is 2.45 bits per heavy atom. The van der Waals surface area contributed by atoms with Crippen molar-refractivity contribution in [1.82, 2.24) is 0 Å². The molecular weight excluding hydrogens is 502 g/mol. The van der Waals surface area contributed by atoms with Crippen LogP contribution < -0.4 is 9.47 Å². The minimum Gasteiger partial charge on any atom is -0.493 e. The largest absolute Gasteiger partial charge is 0.493 e. The van der Waals surface area contributed by atoms with E-state index < -0.39 is 0 Å². The Hall–Kier alpha value is -1.05. The van der Waals surface area contributed by atoms with Gasteiger partial charge in [0.1, 0.15) is 24.7 Å². The number of unbranched alkanes of at least 4 members (excludes halogenated alkanes) is 2. The summed E-state index contributed by atoms with van der Waals surface area (Å²) in [7, 11) is 0. The summed E-state index contributed by atoms with van der Waals surface area (Å²) in [6.07, 6.45) is 5.92. The van der Waals surface area contributed by atoms with E-state index in [-0.39, 0.29) is 0 Å². The number of ether oxygens (including phenoxy) is 3. The van der Waals surface area contributed by atoms with E-state index in [1.165, 1.54) is 5.56 Å². The number of aryl methyl sites for hydroxylation is 2. The Labute approximate surface area is 192 Å². The molecule has 1 aromatic rings. The predicted octanol–water partition coefficient (Wildman–Crippen LogP) is 6.55. The van der Waals surface area contributed by atoms with E-state index in [1.807, 2.05) is 26.0 Å². The highest BCUT2D eigenvalue weighted by molar-refractivity contribution is 9.28. The highest BCUT2D eigenvalue weighted by Crippen LogP contribution is 2.30. The van der Waals surface area contributed by atoms with Gasteiger partial charge >= 0.3 is 0 Å². The van der Waals surface area contributed by atoms with Crippen LogP contribution in [0.1, 0.15) is 51.2 Å². The predicted molar refractivity (Wildman–Crippen MR) is 127 cm³/mol. The van der Waals surface area contributed by atoms with Crippen molar-refractivity contribution in [2.75, 3.05) is 33.0 Å². The van der Waals surface area contributed by atoms with E-state index >= 15 is 0 Å². The third-order valence-corrected chi connectivity index (χ3v) is 4.59. The van der Waals surface area contributed by atoms with Gasteiger partial charge in [-0.25, -0.2) is 0 Å². The van der Waals surface area contributed by atoms with E-state index in [0.29, 0.717) is 26.4 Å². The van der Waals surface area contributed by atoms with Gasteiger partial charge in [-0.3, -0.25) is 0 Å². The molecule has 0 heterocycles. The van der Waals surface area contributed by atoms with Gasteiger partial charge in [0.2, 0.25) is 0 Å². The summed E-state index contributed by atoms with van der Waals surface area (Å²) >= 11 is 6.66. The number of hydrogen-bond donors (Lipinski definition) is 0. The summed E-state index contributed by atoms with van der Waals surface area (Å²) in [5, 5.41) is 3.87. The molecule has 0 aliphatic carbocycles. The van der Waals surface area contributed by atoms with Crippen molar-refractivity contribution in [1.29, 1.82) is 0 Å². The second-order valence-corrected chi connectivity index (χ2v) is 9.55. The molecule has 29 heavy (non-hydrogen) atoms. The molecule has 0 atom stereocenters. The minimum atomic E-state index is 0.497. The van der Waals surface area contributed by atoms with Crippen LogP contribution in [-0.2, 0) is 16.0 Å². The quantitative estimate of drug-likeness (QED) is 0.145. The number of hydrogen-bond acceptors (Lipinski definition) is 5. The summed E-state index contributed by atoms with van der Waals surface area (Å²) in [6, 6.07) is 4.10. The molecule has 0 amide bonds. The van der Waals surface area contributed by atoms with Gasteiger partial charge in [-0.2, -0.15) is 0 Å². The lowest BCUT2D eigenvalue weighted by atomic mass is 10.1. The Bertz CT molecular complexity index is 654. The number of halogens is 2. The monoisotopic (exact) mass is 533 g/mol. The minimum absolute atomic E-state index is 0.497. The zero-order valence-corrected chi connectivity index (χ0v) is 21.1. The van der Waals surface area contributed by atoms with Crippen LogP contribution in [0.5, 0.6) is 11.5 Å². The summed E-state index contributed by atoms with van der Waals surface area (Å²) in [5.41, 5.74) is 3.19. The van der Waals surface area contributed by atoms with Crippen molar-refractivity contribution in [2.24, 2.45) is 5.16 Å². The Balaban J connectivity index is 2.28. The van der Waals surface area contributed by atoms with Gasteiger partial charge in [0.25, 0.3) is 0 Å². The van der Waals surface area contributed by atoms with Crippen molar-refractivity contribution in [3.8, 4) is 11.5 Å². The third kappa shape index (κ3) is 12.3. The molecule has 0 bridgehead atoms. The molecule has 0 unspecified atom stereocenters. The molecule has 0 saturated heterocycles. The Morgan fingerprint density at radius 1 is 1.00 bits per heavy atom. The molecule has 0 spiro atoms. The molecular formula is C22H33Br2NO4. The van der Waals surface area contributed by atoms with Gasteiger partial charge in [0.15, 0.2) is 0 Å². The first-order valence-electron chi connectivity index (χ1n) is 10.0. The summed E-state index contributed by atoms with van der Waals surface area (Å²) in [6.45, 7) is 11.0. The zero-order valence-electron chi connectivity index (χ0n) is 17.9. The van der Waals surface area contributed by atoms with Crippen LogP contribution in [-0.4, -0.2) is 38.7 Å². The summed E-state index contributed by atoms with van der Waals surface area (Å²) < 4.78 is 18.3. The Kier molecular flexibility index (Phi) is 14.1. The van der Waals surface area contributed by atoms with Gasteiger partial charge < -0.3 is 19.0 Å². The number of nitrogens with zero attached hydrogens (tertiary/aromatic N) is 1. The molecule has 0 fully saturated rings. The van der Waals surface area contributed by atoms with Crippen LogP contribution in [0.15, 0.2) is 26.8 Å². The maximum atomic E-state index is 6.08. The fourth-order valence-electron chi connectivity index (χ4n) is 2.59. The van der Waals surface area contributed by atoms with Gasteiger partial charge in [-0.15, -0.1) is 0 Å². The number of benzene rings is 1. The molecule has 1 aromatic carbocycles. The first-order chi connectivity index (χ1) is 13.9. The lowest BCUT2D eigenvalue weighted by Gasteiger charge is -2.15. The molecule has 0 N–H and O–H groups in total. The number of rotatable bonds is 15. The average Bonchev–Trinajstić information content (AvgIpc) is 2.66. The van der Waals surface area contributed by atoms with Crippen LogP contribution in [0.2, 0.25) is 0 Å². The average molecular weight is 535 g/mol. The van der Waals surface area contributed by atoms with Crippen LogP contribution >= 0.6 is 31.9 Å². The third-order valence-electron chi connectivity index (χ3n) is 3.94. The van der Waals surface area contributed by atoms with Crippen LogP contribution in [0, 0.1) is 6.92 Å². The molecule has 5 nitrogen and oxygen atoms in total. The molecule has 0 aromatic heterocycles. The van der Waals surface area contributed by atoms with Crippen LogP contribution in [0.3, 0.4) is 0 Å². The van der Waals surface area contributed by atoms with E-state index in [4.69, 9.17) is 19.0 Å². The highest BCUT2D eigenvalue weighted by Gasteiger charge is 2.09. The van der Waals surface area contributed by atoms with E-state index in [0.717, 1.165) is 58.5 Å². The van der Waals surface area contributed by atoms with Crippen LogP contribution in [0.4, 0.5) is 0 Å². The van der Waals surface area contributed by atoms with Gasteiger partial charge in [-0.05, 0) is 108 Å². The summed E-state index contributed by atoms with van der Waals surface area (Å²) in [5.74, 6) is 1.85. The standard InChI is InChI=1S/C22H33Br2NO4/c1-5-19-16-20(27-12-9-21(23)24)15-18(4)22(19)28-11-8-6-7-10-26-13-14-29-25-17(2)3/h9,15-16H,5-8,10-14H2,1-4H3. The molecule has 1 rings (SSSR count). The van der Waals surface area contributed by atoms with E-state index in [2.05, 4.69) is 56.9 Å². The SMILES string of the molecule is CCc1cc(OCC=C(Br)Br)cc(C)c1OCCCCCOCCON=C(C)C. The maximum absolute atomic E-state index is 6.08. The van der Waals surface area contributed by atoms with Gasteiger partial charge in [0, 0.05) is 6.61 Å². The van der Waals surface area contributed by atoms with Crippen molar-refractivity contribution >= 4 is 37.6 Å². The lowest BCUT2D eigenvalue weighted by molar-refractivity contribution is 0.0488. The fraction of sp³-hybridized carbons (Fsp3) is 0.591. The molecule has 0 aliphatic heterocycles. The van der Waals surface area contributed by atoms with E-state index in [1.54, 1.807) is 0 Å². The molecule has 7 heteroatoms. The van der Waals surface area contributed by atoms with Gasteiger partial charge in [-0.1, -0.05) is 12.1 Å². The molecule has 0 radical (unpaired) electrons. The topological polar surface area (TPSA) is 49.3 Å². The van der Waals surface area contributed by atoms with Crippen LogP contribution in [0.25, 0.3) is 0 Å². The molecule has 164 valence electrons. The smallest absolute Gasteiger partial charge is 0.140 e. The molecule has 0 saturated carbocycles. The maximum Gasteiger partial charge on any atom is 0.140 e. The van der Waals surface area contributed by atoms with Crippen molar-refractivity contribution < 1.29 is 19.0 Å².